The first-order valence-electron chi connectivity index (χ1n) is 7.76. The summed E-state index contributed by atoms with van der Waals surface area (Å²) in [6.07, 6.45) is 2.03. The van der Waals surface area contributed by atoms with Crippen LogP contribution in [0.1, 0.15) is 16.6 Å². The van der Waals surface area contributed by atoms with E-state index in [9.17, 15) is 9.59 Å². The van der Waals surface area contributed by atoms with Gasteiger partial charge in [-0.25, -0.2) is 0 Å². The monoisotopic (exact) mass is 341 g/mol. The van der Waals surface area contributed by atoms with Gasteiger partial charge in [-0.2, -0.15) is 0 Å². The number of thiophene rings is 1. The number of nitrogens with one attached hydrogen (secondary N) is 1. The van der Waals surface area contributed by atoms with Crippen molar-refractivity contribution in [2.45, 2.75) is 13.5 Å². The number of hydrogen-bond donors (Lipinski definition) is 1. The van der Waals surface area contributed by atoms with Crippen molar-refractivity contribution in [3.8, 4) is 0 Å². The van der Waals surface area contributed by atoms with Gasteiger partial charge in [0.2, 0.25) is 5.91 Å². The van der Waals surface area contributed by atoms with Gasteiger partial charge >= 0.3 is 0 Å². The number of fused-ring (bicyclic) bond motifs is 1. The molecular formula is C18H19N3O2S. The lowest BCUT2D eigenvalue weighted by atomic mass is 10.2. The SMILES string of the molecule is CCn1ccc2cc(NC(=O)CN(C)C(=O)c3cccs3)ccc21. The predicted molar refractivity (Wildman–Crippen MR) is 97.5 cm³/mol. The van der Waals surface area contributed by atoms with Crippen molar-refractivity contribution in [2.24, 2.45) is 0 Å². The van der Waals surface area contributed by atoms with E-state index in [4.69, 9.17) is 0 Å². The summed E-state index contributed by atoms with van der Waals surface area (Å²) in [5, 5.41) is 5.78. The van der Waals surface area contributed by atoms with Crippen molar-refractivity contribution >= 4 is 39.7 Å². The van der Waals surface area contributed by atoms with Crippen LogP contribution in [0, 0.1) is 0 Å². The third-order valence-corrected chi connectivity index (χ3v) is 4.71. The second-order valence-corrected chi connectivity index (χ2v) is 6.51. The molecule has 0 aliphatic rings. The minimum absolute atomic E-state index is 0.0186. The minimum atomic E-state index is -0.211. The van der Waals surface area contributed by atoms with E-state index in [1.54, 1.807) is 13.1 Å². The fourth-order valence-electron chi connectivity index (χ4n) is 2.63. The third kappa shape index (κ3) is 3.33. The molecule has 0 fully saturated rings. The molecule has 2 aromatic heterocycles. The smallest absolute Gasteiger partial charge is 0.264 e. The molecule has 0 aliphatic carbocycles. The van der Waals surface area contributed by atoms with Crippen molar-refractivity contribution in [1.82, 2.24) is 9.47 Å². The molecule has 0 spiro atoms. The molecule has 24 heavy (non-hydrogen) atoms. The lowest BCUT2D eigenvalue weighted by molar-refractivity contribution is -0.116. The van der Waals surface area contributed by atoms with Gasteiger partial charge in [-0.1, -0.05) is 6.07 Å². The van der Waals surface area contributed by atoms with Crippen molar-refractivity contribution in [3.63, 3.8) is 0 Å². The van der Waals surface area contributed by atoms with Crippen molar-refractivity contribution in [3.05, 3.63) is 52.9 Å². The number of hydrogen-bond acceptors (Lipinski definition) is 3. The molecule has 3 rings (SSSR count). The quantitative estimate of drug-likeness (QED) is 0.773. The number of carbonyl (C=O) groups excluding carboxylic acids is 2. The number of carbonyl (C=O) groups is 2. The van der Waals surface area contributed by atoms with Crippen molar-refractivity contribution in [2.75, 3.05) is 18.9 Å². The molecule has 0 bridgehead atoms. The Bertz CT molecular complexity index is 868. The fraction of sp³-hybridized carbons (Fsp3) is 0.222. The topological polar surface area (TPSA) is 54.3 Å². The van der Waals surface area contributed by atoms with Crippen LogP contribution in [0.25, 0.3) is 10.9 Å². The zero-order valence-corrected chi connectivity index (χ0v) is 14.5. The van der Waals surface area contributed by atoms with Crippen molar-refractivity contribution < 1.29 is 9.59 Å². The maximum atomic E-state index is 12.2. The molecule has 0 aliphatic heterocycles. The molecule has 3 aromatic rings. The number of rotatable bonds is 5. The fourth-order valence-corrected chi connectivity index (χ4v) is 3.35. The first-order valence-corrected chi connectivity index (χ1v) is 8.64. The normalized spacial score (nSPS) is 10.8. The number of benzene rings is 1. The predicted octanol–water partition coefficient (Wildman–Crippen LogP) is 3.43. The summed E-state index contributed by atoms with van der Waals surface area (Å²) in [6, 6.07) is 11.4. The molecule has 2 amide bonds. The highest BCUT2D eigenvalue weighted by Crippen LogP contribution is 2.20. The second-order valence-electron chi connectivity index (χ2n) is 5.56. The van der Waals surface area contributed by atoms with E-state index in [2.05, 4.69) is 16.8 Å². The first kappa shape index (κ1) is 16.3. The van der Waals surface area contributed by atoms with E-state index in [0.717, 1.165) is 23.1 Å². The molecule has 1 N–H and O–H groups in total. The Morgan fingerprint density at radius 2 is 2.08 bits per heavy atom. The molecule has 1 aromatic carbocycles. The Hall–Kier alpha value is -2.60. The summed E-state index contributed by atoms with van der Waals surface area (Å²) in [4.78, 5) is 26.4. The molecule has 0 unspecified atom stereocenters. The van der Waals surface area contributed by atoms with Crippen LogP contribution in [-0.2, 0) is 11.3 Å². The van der Waals surface area contributed by atoms with Gasteiger partial charge in [0.05, 0.1) is 11.4 Å². The number of aryl methyl sites for hydroxylation is 1. The number of likely N-dealkylation sites (N-methyl/N-ethyl adjacent to an activating group) is 1. The van der Waals surface area contributed by atoms with Crippen LogP contribution < -0.4 is 5.32 Å². The Kier molecular flexibility index (Phi) is 4.66. The molecule has 0 radical (unpaired) electrons. The van der Waals surface area contributed by atoms with Crippen LogP contribution in [0.4, 0.5) is 5.69 Å². The van der Waals surface area contributed by atoms with E-state index in [1.807, 2.05) is 41.9 Å². The minimum Gasteiger partial charge on any atom is -0.348 e. The lowest BCUT2D eigenvalue weighted by Gasteiger charge is -2.16. The third-order valence-electron chi connectivity index (χ3n) is 3.85. The summed E-state index contributed by atoms with van der Waals surface area (Å²) >= 11 is 1.37. The van der Waals surface area contributed by atoms with E-state index in [0.29, 0.717) is 4.88 Å². The second kappa shape index (κ2) is 6.88. The zero-order chi connectivity index (χ0) is 17.1. The van der Waals surface area contributed by atoms with Crippen LogP contribution >= 0.6 is 11.3 Å². The average Bonchev–Trinajstić information content (AvgIpc) is 3.23. The summed E-state index contributed by atoms with van der Waals surface area (Å²) in [5.41, 5.74) is 1.87. The Labute approximate surface area is 144 Å². The first-order chi connectivity index (χ1) is 11.6. The molecule has 6 heteroatoms. The standard InChI is InChI=1S/C18H19N3O2S/c1-3-21-9-8-13-11-14(6-7-15(13)21)19-17(22)12-20(2)18(23)16-5-4-10-24-16/h4-11H,3,12H2,1-2H3,(H,19,22). The van der Waals surface area contributed by atoms with Gasteiger partial charge in [-0.15, -0.1) is 11.3 Å². The van der Waals surface area contributed by atoms with Gasteiger partial charge in [-0.05, 0) is 42.6 Å². The number of nitrogens with zero attached hydrogens (tertiary/aromatic N) is 2. The van der Waals surface area contributed by atoms with Gasteiger partial charge in [0, 0.05) is 36.4 Å². The maximum Gasteiger partial charge on any atom is 0.264 e. The van der Waals surface area contributed by atoms with Crippen molar-refractivity contribution in [1.29, 1.82) is 0 Å². The van der Waals surface area contributed by atoms with E-state index < -0.39 is 0 Å². The van der Waals surface area contributed by atoms with Gasteiger partial charge in [-0.3, -0.25) is 9.59 Å². The Morgan fingerprint density at radius 1 is 1.25 bits per heavy atom. The number of anilines is 1. The molecule has 0 atom stereocenters. The summed E-state index contributed by atoms with van der Waals surface area (Å²) in [6.45, 7) is 3.02. The summed E-state index contributed by atoms with van der Waals surface area (Å²) < 4.78 is 2.15. The van der Waals surface area contributed by atoms with Gasteiger partial charge in [0.25, 0.3) is 5.91 Å². The van der Waals surface area contributed by atoms with Crippen LogP contribution in [0.5, 0.6) is 0 Å². The number of amides is 2. The van der Waals surface area contributed by atoms with Gasteiger partial charge in [0.1, 0.15) is 0 Å². The largest absolute Gasteiger partial charge is 0.348 e. The highest BCUT2D eigenvalue weighted by atomic mass is 32.1. The van der Waals surface area contributed by atoms with Crippen LogP contribution in [0.3, 0.4) is 0 Å². The highest BCUT2D eigenvalue weighted by molar-refractivity contribution is 7.12. The lowest BCUT2D eigenvalue weighted by Crippen LogP contribution is -2.34. The Morgan fingerprint density at radius 3 is 2.79 bits per heavy atom. The van der Waals surface area contributed by atoms with Crippen LogP contribution in [0.15, 0.2) is 48.0 Å². The number of aromatic nitrogens is 1. The zero-order valence-electron chi connectivity index (χ0n) is 13.7. The Balaban J connectivity index is 1.65. The molecule has 2 heterocycles. The molecule has 0 saturated heterocycles. The highest BCUT2D eigenvalue weighted by Gasteiger charge is 2.15. The van der Waals surface area contributed by atoms with Crippen LogP contribution in [0.2, 0.25) is 0 Å². The molecule has 0 saturated carbocycles. The average molecular weight is 341 g/mol. The molecular weight excluding hydrogens is 322 g/mol. The van der Waals surface area contributed by atoms with E-state index in [1.165, 1.54) is 16.2 Å². The van der Waals surface area contributed by atoms with Crippen LogP contribution in [-0.4, -0.2) is 34.9 Å². The molecule has 124 valence electrons. The summed E-state index contributed by atoms with van der Waals surface area (Å²) in [7, 11) is 1.63. The van der Waals surface area contributed by atoms with E-state index >= 15 is 0 Å². The summed E-state index contributed by atoms with van der Waals surface area (Å²) in [5.74, 6) is -0.354. The maximum absolute atomic E-state index is 12.2. The van der Waals surface area contributed by atoms with Gasteiger partial charge in [0.15, 0.2) is 0 Å². The van der Waals surface area contributed by atoms with E-state index in [-0.39, 0.29) is 18.4 Å². The molecule has 5 nitrogen and oxygen atoms in total. The van der Waals surface area contributed by atoms with Gasteiger partial charge < -0.3 is 14.8 Å².